The molecule has 1 atom stereocenters. The highest BCUT2D eigenvalue weighted by Gasteiger charge is 2.14. The Morgan fingerprint density at radius 3 is 2.25 bits per heavy atom. The second-order valence-electron chi connectivity index (χ2n) is 4.49. The molecule has 0 fully saturated rings. The second kappa shape index (κ2) is 10.1. The average molecular weight is 231 g/mol. The zero-order valence-corrected chi connectivity index (χ0v) is 11.4. The minimum atomic E-state index is -0.175. The quantitative estimate of drug-likeness (QED) is 0.626. The first-order valence-electron chi connectivity index (χ1n) is 6.56. The highest BCUT2D eigenvalue weighted by Crippen LogP contribution is 2.10. The predicted octanol–water partition coefficient (Wildman–Crippen LogP) is 2.28. The summed E-state index contributed by atoms with van der Waals surface area (Å²) in [6.07, 6.45) is 4.16. The van der Waals surface area contributed by atoms with Crippen molar-refractivity contribution < 1.29 is 9.84 Å². The van der Waals surface area contributed by atoms with Gasteiger partial charge in [0.25, 0.3) is 0 Å². The summed E-state index contributed by atoms with van der Waals surface area (Å²) in [4.78, 5) is 2.49. The molecule has 0 aliphatic rings. The molecule has 0 heterocycles. The zero-order valence-electron chi connectivity index (χ0n) is 11.4. The van der Waals surface area contributed by atoms with Crippen LogP contribution in [-0.2, 0) is 4.74 Å². The molecule has 0 aliphatic carbocycles. The molecule has 0 saturated heterocycles. The van der Waals surface area contributed by atoms with Crippen LogP contribution in [0.5, 0.6) is 0 Å². The van der Waals surface area contributed by atoms with Crippen LogP contribution in [0.2, 0.25) is 0 Å². The lowest BCUT2D eigenvalue weighted by Gasteiger charge is -2.30. The van der Waals surface area contributed by atoms with E-state index in [1.54, 1.807) is 7.11 Å². The first-order chi connectivity index (χ1) is 7.65. The number of rotatable bonds is 10. The SMILES string of the molecule is CCC(CC)N(CCCC(C)O)CCOC. The van der Waals surface area contributed by atoms with Crippen LogP contribution in [-0.4, -0.2) is 49.0 Å². The normalized spacial score (nSPS) is 13.7. The summed E-state index contributed by atoms with van der Waals surface area (Å²) in [5.74, 6) is 0. The maximum atomic E-state index is 9.25. The van der Waals surface area contributed by atoms with Crippen molar-refractivity contribution in [1.29, 1.82) is 0 Å². The summed E-state index contributed by atoms with van der Waals surface area (Å²) in [5, 5.41) is 9.25. The van der Waals surface area contributed by atoms with Crippen LogP contribution in [0.4, 0.5) is 0 Å². The van der Waals surface area contributed by atoms with Gasteiger partial charge in [0.15, 0.2) is 0 Å². The Kier molecular flexibility index (Phi) is 9.99. The Balaban J connectivity index is 3.97. The van der Waals surface area contributed by atoms with Gasteiger partial charge in [-0.25, -0.2) is 0 Å². The maximum absolute atomic E-state index is 9.25. The van der Waals surface area contributed by atoms with E-state index >= 15 is 0 Å². The van der Waals surface area contributed by atoms with Crippen molar-refractivity contribution >= 4 is 0 Å². The molecule has 3 heteroatoms. The number of hydrogen-bond donors (Lipinski definition) is 1. The molecule has 0 amide bonds. The van der Waals surface area contributed by atoms with Crippen LogP contribution in [0.3, 0.4) is 0 Å². The van der Waals surface area contributed by atoms with Crippen LogP contribution in [0.15, 0.2) is 0 Å². The predicted molar refractivity (Wildman–Crippen MR) is 68.7 cm³/mol. The van der Waals surface area contributed by atoms with E-state index in [4.69, 9.17) is 4.74 Å². The van der Waals surface area contributed by atoms with Gasteiger partial charge < -0.3 is 9.84 Å². The molecule has 0 aromatic carbocycles. The molecule has 0 bridgehead atoms. The van der Waals surface area contributed by atoms with E-state index < -0.39 is 0 Å². The van der Waals surface area contributed by atoms with Gasteiger partial charge in [0.05, 0.1) is 12.7 Å². The summed E-state index contributed by atoms with van der Waals surface area (Å²) in [6, 6.07) is 0.657. The van der Waals surface area contributed by atoms with Crippen molar-refractivity contribution in [1.82, 2.24) is 4.90 Å². The molecule has 1 unspecified atom stereocenters. The number of hydrogen-bond acceptors (Lipinski definition) is 3. The van der Waals surface area contributed by atoms with Crippen LogP contribution < -0.4 is 0 Å². The van der Waals surface area contributed by atoms with E-state index in [2.05, 4.69) is 18.7 Å². The monoisotopic (exact) mass is 231 g/mol. The van der Waals surface area contributed by atoms with Crippen molar-refractivity contribution in [2.45, 2.75) is 58.6 Å². The molecule has 0 saturated carbocycles. The molecule has 0 aromatic heterocycles. The second-order valence-corrected chi connectivity index (χ2v) is 4.49. The van der Waals surface area contributed by atoms with Crippen molar-refractivity contribution in [2.24, 2.45) is 0 Å². The molecule has 0 aliphatic heterocycles. The van der Waals surface area contributed by atoms with Crippen LogP contribution in [0.1, 0.15) is 46.5 Å². The third-order valence-electron chi connectivity index (χ3n) is 3.11. The fraction of sp³-hybridized carbons (Fsp3) is 1.00. The van der Waals surface area contributed by atoms with Gasteiger partial charge in [-0.2, -0.15) is 0 Å². The molecular formula is C13H29NO2. The van der Waals surface area contributed by atoms with E-state index in [0.717, 1.165) is 32.5 Å². The smallest absolute Gasteiger partial charge is 0.0589 e. The zero-order chi connectivity index (χ0) is 12.4. The van der Waals surface area contributed by atoms with Gasteiger partial charge >= 0.3 is 0 Å². The lowest BCUT2D eigenvalue weighted by Crippen LogP contribution is -2.37. The average Bonchev–Trinajstić information content (AvgIpc) is 2.26. The number of nitrogens with zero attached hydrogens (tertiary/aromatic N) is 1. The molecule has 1 N–H and O–H groups in total. The Hall–Kier alpha value is -0.120. The van der Waals surface area contributed by atoms with Gasteiger partial charge in [0, 0.05) is 19.7 Å². The first kappa shape index (κ1) is 15.9. The fourth-order valence-corrected chi connectivity index (χ4v) is 2.08. The first-order valence-corrected chi connectivity index (χ1v) is 6.56. The Labute approximate surface area is 101 Å². The van der Waals surface area contributed by atoms with Crippen LogP contribution in [0, 0.1) is 0 Å². The van der Waals surface area contributed by atoms with Crippen LogP contribution >= 0.6 is 0 Å². The minimum absolute atomic E-state index is 0.175. The summed E-state index contributed by atoms with van der Waals surface area (Å²) in [5.41, 5.74) is 0. The summed E-state index contributed by atoms with van der Waals surface area (Å²) in [7, 11) is 1.75. The van der Waals surface area contributed by atoms with E-state index in [1.807, 2.05) is 6.92 Å². The van der Waals surface area contributed by atoms with E-state index in [1.165, 1.54) is 12.8 Å². The summed E-state index contributed by atoms with van der Waals surface area (Å²) in [6.45, 7) is 9.20. The van der Waals surface area contributed by atoms with Gasteiger partial charge in [0.1, 0.15) is 0 Å². The molecule has 0 spiro atoms. The highest BCUT2D eigenvalue weighted by atomic mass is 16.5. The van der Waals surface area contributed by atoms with Gasteiger partial charge in [-0.1, -0.05) is 13.8 Å². The van der Waals surface area contributed by atoms with Gasteiger partial charge in [0.2, 0.25) is 0 Å². The van der Waals surface area contributed by atoms with Crippen molar-refractivity contribution in [2.75, 3.05) is 26.8 Å². The lowest BCUT2D eigenvalue weighted by molar-refractivity contribution is 0.107. The Morgan fingerprint density at radius 1 is 1.19 bits per heavy atom. The number of ether oxygens (including phenoxy) is 1. The van der Waals surface area contributed by atoms with Gasteiger partial charge in [-0.15, -0.1) is 0 Å². The molecule has 16 heavy (non-hydrogen) atoms. The van der Waals surface area contributed by atoms with Crippen molar-refractivity contribution in [3.63, 3.8) is 0 Å². The maximum Gasteiger partial charge on any atom is 0.0589 e. The Morgan fingerprint density at radius 2 is 1.81 bits per heavy atom. The molecule has 3 nitrogen and oxygen atoms in total. The number of aliphatic hydroxyl groups excluding tert-OH is 1. The molecule has 0 rings (SSSR count). The van der Waals surface area contributed by atoms with E-state index in [0.29, 0.717) is 6.04 Å². The molecule has 0 radical (unpaired) electrons. The summed E-state index contributed by atoms with van der Waals surface area (Å²) >= 11 is 0. The largest absolute Gasteiger partial charge is 0.393 e. The topological polar surface area (TPSA) is 32.7 Å². The minimum Gasteiger partial charge on any atom is -0.393 e. The van der Waals surface area contributed by atoms with Crippen molar-refractivity contribution in [3.05, 3.63) is 0 Å². The highest BCUT2D eigenvalue weighted by molar-refractivity contribution is 4.69. The summed E-state index contributed by atoms with van der Waals surface area (Å²) < 4.78 is 5.15. The third kappa shape index (κ3) is 7.20. The lowest BCUT2D eigenvalue weighted by atomic mass is 10.1. The third-order valence-corrected chi connectivity index (χ3v) is 3.11. The van der Waals surface area contributed by atoms with Crippen LogP contribution in [0.25, 0.3) is 0 Å². The fourth-order valence-electron chi connectivity index (χ4n) is 2.08. The molecule has 98 valence electrons. The number of aliphatic hydroxyl groups is 1. The Bertz CT molecular complexity index is 147. The van der Waals surface area contributed by atoms with E-state index in [9.17, 15) is 5.11 Å². The number of methoxy groups -OCH3 is 1. The van der Waals surface area contributed by atoms with Crippen molar-refractivity contribution in [3.8, 4) is 0 Å². The molecule has 0 aromatic rings. The van der Waals surface area contributed by atoms with Gasteiger partial charge in [-0.3, -0.25) is 4.90 Å². The molecular weight excluding hydrogens is 202 g/mol. The van der Waals surface area contributed by atoms with Gasteiger partial charge in [-0.05, 0) is 39.2 Å². The van der Waals surface area contributed by atoms with E-state index in [-0.39, 0.29) is 6.10 Å². The standard InChI is InChI=1S/C13H29NO2/c1-5-13(6-2)14(10-11-16-4)9-7-8-12(3)15/h12-13,15H,5-11H2,1-4H3.